The summed E-state index contributed by atoms with van der Waals surface area (Å²) in [5.41, 5.74) is 4.42. The quantitative estimate of drug-likeness (QED) is 0.225. The van der Waals surface area contributed by atoms with E-state index in [1.807, 2.05) is 0 Å². The van der Waals surface area contributed by atoms with Crippen molar-refractivity contribution in [1.82, 2.24) is 0 Å². The van der Waals surface area contributed by atoms with E-state index in [0.29, 0.717) is 0 Å². The van der Waals surface area contributed by atoms with E-state index < -0.39 is 0 Å². The van der Waals surface area contributed by atoms with Crippen LogP contribution in [-0.2, 0) is 0 Å². The van der Waals surface area contributed by atoms with Crippen molar-refractivity contribution >= 4 is 0 Å². The van der Waals surface area contributed by atoms with Crippen molar-refractivity contribution in [3.63, 3.8) is 0 Å². The summed E-state index contributed by atoms with van der Waals surface area (Å²) in [5, 5.41) is 7.39. The van der Waals surface area contributed by atoms with Crippen molar-refractivity contribution in [2.24, 2.45) is 5.73 Å². The lowest BCUT2D eigenvalue weighted by molar-refractivity contribution is 0.516. The molecule has 4 heavy (non-hydrogen) atoms. The number of hydrogen-bond acceptors (Lipinski definition) is 2. The van der Waals surface area contributed by atoms with E-state index in [2.05, 4.69) is 5.73 Å². The Morgan fingerprint density at radius 2 is 2.00 bits per heavy atom. The third-order valence-electron chi connectivity index (χ3n) is 0.0645. The van der Waals surface area contributed by atoms with Gasteiger partial charge < -0.3 is 5.73 Å². The first-order chi connectivity index (χ1) is 1.91. The highest BCUT2D eigenvalue weighted by Gasteiger charge is 1.45. The van der Waals surface area contributed by atoms with Crippen molar-refractivity contribution < 1.29 is 5.11 Å². The second kappa shape index (κ2) is 2.16. The van der Waals surface area contributed by atoms with Crippen LogP contribution in [0.1, 0.15) is 0 Å². The highest BCUT2D eigenvalue weighted by molar-refractivity contribution is 4.79. The average molecular weight is 57.1 g/mol. The number of nitrogens with two attached hydrogens (primary N) is 1. The van der Waals surface area contributed by atoms with Crippen LogP contribution in [0, 0.1) is 12.2 Å². The van der Waals surface area contributed by atoms with Crippen molar-refractivity contribution in [3.8, 4) is 12.2 Å². The summed E-state index contributed by atoms with van der Waals surface area (Å²) < 4.78 is 0. The van der Waals surface area contributed by atoms with E-state index in [9.17, 15) is 0 Å². The lowest BCUT2D eigenvalue weighted by Crippen LogP contribution is -1.73. The normalized spacial score (nSPS) is 3.00. The van der Waals surface area contributed by atoms with E-state index >= 15 is 0 Å². The Labute approximate surface area is 24.2 Å². The van der Waals surface area contributed by atoms with Crippen molar-refractivity contribution in [3.05, 3.63) is 0 Å². The van der Waals surface area contributed by atoms with E-state index in [-0.39, 0.29) is 0 Å². The van der Waals surface area contributed by atoms with Crippen molar-refractivity contribution in [2.75, 3.05) is 0 Å². The highest BCUT2D eigenvalue weighted by Crippen LogP contribution is 1.16. The van der Waals surface area contributed by atoms with Gasteiger partial charge in [0.25, 0.3) is 0 Å². The Balaban J connectivity index is 2.83. The largest absolute Gasteiger partial charge is 0.414 e. The molecule has 2 nitrogen and oxygen atoms in total. The van der Waals surface area contributed by atoms with E-state index in [0.717, 1.165) is 0 Å². The fourth-order valence-electron chi connectivity index (χ4n) is 0. The highest BCUT2D eigenvalue weighted by atomic mass is 16.2. The first-order valence-electron chi connectivity index (χ1n) is 0.762. The van der Waals surface area contributed by atoms with E-state index in [4.69, 9.17) is 5.11 Å². The van der Waals surface area contributed by atoms with E-state index in [1.54, 1.807) is 6.04 Å². The van der Waals surface area contributed by atoms with Crippen LogP contribution in [0.2, 0.25) is 0 Å². The van der Waals surface area contributed by atoms with Gasteiger partial charge in [0.1, 0.15) is 6.04 Å². The predicted molar refractivity (Wildman–Crippen MR) is 13.9 cm³/mol. The zero-order chi connectivity index (χ0) is 3.41. The standard InChI is InChI=1S/C2H3NO/c3-1-2-4/h4H,3H2/q+1. The van der Waals surface area contributed by atoms with Gasteiger partial charge >= 0.3 is 6.11 Å². The van der Waals surface area contributed by atoms with Gasteiger partial charge in [-0.25, -0.2) is 5.11 Å². The smallest absolute Gasteiger partial charge is 0.352 e. The summed E-state index contributed by atoms with van der Waals surface area (Å²) in [4.78, 5) is 0. The molecule has 0 saturated heterocycles. The molecule has 3 N–H and O–H groups in total. The summed E-state index contributed by atoms with van der Waals surface area (Å²) in [6, 6.07) is 1.74. The molecule has 0 aromatic heterocycles. The van der Waals surface area contributed by atoms with Gasteiger partial charge in [0, 0.05) is 0 Å². The van der Waals surface area contributed by atoms with Crippen LogP contribution in [0.4, 0.5) is 0 Å². The molecule has 0 aliphatic carbocycles. The monoisotopic (exact) mass is 57.0 g/mol. The van der Waals surface area contributed by atoms with Gasteiger partial charge in [-0.2, -0.15) is 0 Å². The third kappa shape index (κ3) is 1.16. The Kier molecular flexibility index (Phi) is 1.71. The molecule has 0 aliphatic heterocycles. The Hall–Kier alpha value is -0.840. The van der Waals surface area contributed by atoms with Gasteiger partial charge in [0.2, 0.25) is 0 Å². The number of aliphatic hydroxyl groups is 1. The molecule has 0 rings (SSSR count). The topological polar surface area (TPSA) is 47.4 Å². The molecule has 0 fully saturated rings. The lowest BCUT2D eigenvalue weighted by Gasteiger charge is -1.32. The average Bonchev–Trinajstić information content (AvgIpc) is 1.37. The van der Waals surface area contributed by atoms with E-state index in [1.165, 1.54) is 6.11 Å². The van der Waals surface area contributed by atoms with Crippen LogP contribution in [0.3, 0.4) is 0 Å². The zero-order valence-electron chi connectivity index (χ0n) is 2.02. The minimum atomic E-state index is 1.46. The fourth-order valence-corrected chi connectivity index (χ4v) is 0. The molecule has 0 spiro atoms. The SMILES string of the molecule is NC#C[OH+]. The molecular formula is C2H3NO+. The Morgan fingerprint density at radius 1 is 1.75 bits per heavy atom. The number of aliphatic hydroxyl groups excluding tert-OH is 1. The molecule has 2 heteroatoms. The third-order valence-corrected chi connectivity index (χ3v) is 0.0645. The van der Waals surface area contributed by atoms with Crippen LogP contribution in [0.25, 0.3) is 0 Å². The van der Waals surface area contributed by atoms with Gasteiger partial charge in [-0.1, -0.05) is 0 Å². The summed E-state index contributed by atoms with van der Waals surface area (Å²) >= 11 is 0. The summed E-state index contributed by atoms with van der Waals surface area (Å²) in [7, 11) is 0. The minimum absolute atomic E-state index is 1.46. The maximum absolute atomic E-state index is 7.39. The molecule has 0 bridgehead atoms. The Bertz CT molecular complexity index is 42.8. The van der Waals surface area contributed by atoms with Crippen LogP contribution in [0.15, 0.2) is 0 Å². The maximum atomic E-state index is 7.39. The first kappa shape index (κ1) is 3.16. The summed E-state index contributed by atoms with van der Waals surface area (Å²) in [6.45, 7) is 0. The molecule has 0 heterocycles. The maximum Gasteiger partial charge on any atom is 0.414 e. The van der Waals surface area contributed by atoms with Crippen LogP contribution in [0.5, 0.6) is 0 Å². The molecular weight excluding hydrogens is 54.0 g/mol. The van der Waals surface area contributed by atoms with Gasteiger partial charge in [-0.3, -0.25) is 0 Å². The minimum Gasteiger partial charge on any atom is -0.352 e. The molecule has 0 amide bonds. The second-order valence-corrected chi connectivity index (χ2v) is 0.256. The van der Waals surface area contributed by atoms with Crippen molar-refractivity contribution in [1.29, 1.82) is 0 Å². The second-order valence-electron chi connectivity index (χ2n) is 0.256. The molecule has 0 unspecified atom stereocenters. The summed E-state index contributed by atoms with van der Waals surface area (Å²) in [5.74, 6) is 0. The molecule has 0 aromatic rings. The zero-order valence-corrected chi connectivity index (χ0v) is 2.02. The van der Waals surface area contributed by atoms with Crippen molar-refractivity contribution in [2.45, 2.75) is 0 Å². The molecule has 21 valence electrons. The molecule has 0 saturated carbocycles. The van der Waals surface area contributed by atoms with Gasteiger partial charge in [0.05, 0.1) is 0 Å². The molecule has 0 aromatic carbocycles. The van der Waals surface area contributed by atoms with Gasteiger partial charge in [-0.15, -0.1) is 0 Å². The Morgan fingerprint density at radius 3 is 2.00 bits per heavy atom. The summed E-state index contributed by atoms with van der Waals surface area (Å²) in [6.07, 6.45) is 1.46. The fraction of sp³-hybridized carbons (Fsp3) is 0. The molecule has 0 atom stereocenters. The van der Waals surface area contributed by atoms with Crippen LogP contribution >= 0.6 is 0 Å². The molecule has 1 radical (unpaired) electrons. The first-order valence-corrected chi connectivity index (χ1v) is 0.762. The number of hydrogen-bond donors (Lipinski definition) is 1. The van der Waals surface area contributed by atoms with Crippen LogP contribution < -0.4 is 5.73 Å². The lowest BCUT2D eigenvalue weighted by atomic mass is 11.2. The van der Waals surface area contributed by atoms with Crippen LogP contribution in [-0.4, -0.2) is 5.11 Å². The number of rotatable bonds is 0. The predicted octanol–water partition coefficient (Wildman–Crippen LogP) is -0.764. The van der Waals surface area contributed by atoms with Gasteiger partial charge in [-0.05, 0) is 0 Å². The van der Waals surface area contributed by atoms with Gasteiger partial charge in [0.15, 0.2) is 0 Å². The molecule has 0 aliphatic rings.